The fourth-order valence-corrected chi connectivity index (χ4v) is 3.33. The van der Waals surface area contributed by atoms with E-state index in [9.17, 15) is 4.79 Å². The Morgan fingerprint density at radius 1 is 1.08 bits per heavy atom. The Labute approximate surface area is 171 Å². The predicted molar refractivity (Wildman–Crippen MR) is 118 cm³/mol. The van der Waals surface area contributed by atoms with Crippen LogP contribution in [0.25, 0.3) is 0 Å². The summed E-state index contributed by atoms with van der Waals surface area (Å²) < 4.78 is 0. The van der Waals surface area contributed by atoms with Gasteiger partial charge < -0.3 is 15.5 Å². The highest BCUT2D eigenvalue weighted by atomic mass is 127. The zero-order valence-corrected chi connectivity index (χ0v) is 18.8. The average Bonchev–Trinajstić information content (AvgIpc) is 2.61. The lowest BCUT2D eigenvalue weighted by Crippen LogP contribution is -2.46. The van der Waals surface area contributed by atoms with Gasteiger partial charge in [0.05, 0.1) is 0 Å². The van der Waals surface area contributed by atoms with Crippen LogP contribution in [0.5, 0.6) is 0 Å². The van der Waals surface area contributed by atoms with Crippen molar-refractivity contribution in [2.75, 3.05) is 33.7 Å². The maximum Gasteiger partial charge on any atom is 0.220 e. The van der Waals surface area contributed by atoms with Crippen LogP contribution < -0.4 is 10.6 Å². The minimum atomic E-state index is 0. The van der Waals surface area contributed by atoms with Crippen LogP contribution >= 0.6 is 24.0 Å². The van der Waals surface area contributed by atoms with Gasteiger partial charge in [-0.15, -0.1) is 24.0 Å². The zero-order chi connectivity index (χ0) is 17.6. The molecule has 0 radical (unpaired) electrons. The topological polar surface area (TPSA) is 56.7 Å². The normalized spacial score (nSPS) is 15.6. The van der Waals surface area contributed by atoms with Crippen molar-refractivity contribution in [1.82, 2.24) is 15.5 Å². The standard InChI is InChI=1S/C19H38N4O.HI/c1-4-5-6-7-8-9-10-13-22-19(21-3)23-14-11-17(12-15-23)16-18(24)20-2;/h17H,4-16H2,1-3H3,(H,20,24)(H,21,22);1H. The number of hydrogen-bond acceptors (Lipinski definition) is 2. The molecule has 0 aliphatic carbocycles. The Kier molecular flexibility index (Phi) is 15.4. The van der Waals surface area contributed by atoms with Crippen LogP contribution in [0, 0.1) is 5.92 Å². The van der Waals surface area contributed by atoms with Crippen molar-refractivity contribution in [2.24, 2.45) is 10.9 Å². The van der Waals surface area contributed by atoms with Crippen molar-refractivity contribution in [3.63, 3.8) is 0 Å². The molecule has 5 nitrogen and oxygen atoms in total. The second-order valence-electron chi connectivity index (χ2n) is 6.90. The third-order valence-corrected chi connectivity index (χ3v) is 4.94. The molecule has 0 atom stereocenters. The first-order valence-corrected chi connectivity index (χ1v) is 9.87. The first-order chi connectivity index (χ1) is 11.7. The zero-order valence-electron chi connectivity index (χ0n) is 16.5. The van der Waals surface area contributed by atoms with Crippen molar-refractivity contribution in [1.29, 1.82) is 0 Å². The highest BCUT2D eigenvalue weighted by molar-refractivity contribution is 14.0. The van der Waals surface area contributed by atoms with E-state index in [-0.39, 0.29) is 29.9 Å². The molecule has 0 aromatic rings. The Morgan fingerprint density at radius 3 is 2.24 bits per heavy atom. The van der Waals surface area contributed by atoms with Gasteiger partial charge in [-0.2, -0.15) is 0 Å². The Bertz CT molecular complexity index is 368. The number of carbonyl (C=O) groups excluding carboxylic acids is 1. The molecule has 6 heteroatoms. The first kappa shape index (κ1) is 24.5. The van der Waals surface area contributed by atoms with Gasteiger partial charge in [-0.1, -0.05) is 45.4 Å². The van der Waals surface area contributed by atoms with E-state index >= 15 is 0 Å². The molecule has 0 aromatic heterocycles. The van der Waals surface area contributed by atoms with E-state index in [4.69, 9.17) is 0 Å². The fourth-order valence-electron chi connectivity index (χ4n) is 3.33. The Morgan fingerprint density at radius 2 is 1.68 bits per heavy atom. The quantitative estimate of drug-likeness (QED) is 0.223. The summed E-state index contributed by atoms with van der Waals surface area (Å²) in [5, 5.41) is 6.23. The van der Waals surface area contributed by atoms with Gasteiger partial charge in [0.25, 0.3) is 0 Å². The van der Waals surface area contributed by atoms with E-state index in [1.165, 1.54) is 44.9 Å². The number of halogens is 1. The third-order valence-electron chi connectivity index (χ3n) is 4.94. The van der Waals surface area contributed by atoms with Crippen molar-refractivity contribution >= 4 is 35.8 Å². The lowest BCUT2D eigenvalue weighted by molar-refractivity contribution is -0.121. The summed E-state index contributed by atoms with van der Waals surface area (Å²) in [6, 6.07) is 0. The summed E-state index contributed by atoms with van der Waals surface area (Å²) >= 11 is 0. The lowest BCUT2D eigenvalue weighted by Gasteiger charge is -2.34. The second kappa shape index (κ2) is 15.7. The summed E-state index contributed by atoms with van der Waals surface area (Å²) in [7, 11) is 3.58. The highest BCUT2D eigenvalue weighted by Gasteiger charge is 2.22. The number of piperidine rings is 1. The van der Waals surface area contributed by atoms with Crippen molar-refractivity contribution in [3.05, 3.63) is 0 Å². The van der Waals surface area contributed by atoms with Gasteiger partial charge >= 0.3 is 0 Å². The molecule has 0 bridgehead atoms. The number of nitrogens with zero attached hydrogens (tertiary/aromatic N) is 2. The summed E-state index contributed by atoms with van der Waals surface area (Å²) in [5.74, 6) is 1.71. The molecule has 1 aliphatic rings. The van der Waals surface area contributed by atoms with Crippen LogP contribution in [0.15, 0.2) is 4.99 Å². The van der Waals surface area contributed by atoms with Gasteiger partial charge in [-0.25, -0.2) is 0 Å². The van der Waals surface area contributed by atoms with Crippen LogP contribution in [0.1, 0.15) is 71.1 Å². The number of unbranched alkanes of at least 4 members (excludes halogenated alkanes) is 6. The number of carbonyl (C=O) groups is 1. The second-order valence-corrected chi connectivity index (χ2v) is 6.90. The number of rotatable bonds is 10. The summed E-state index contributed by atoms with van der Waals surface area (Å²) in [6.45, 7) is 5.27. The van der Waals surface area contributed by atoms with E-state index in [0.29, 0.717) is 12.3 Å². The summed E-state index contributed by atoms with van der Waals surface area (Å²) in [5.41, 5.74) is 0. The molecule has 1 saturated heterocycles. The minimum absolute atomic E-state index is 0. The number of likely N-dealkylation sites (tertiary alicyclic amines) is 1. The molecule has 1 rings (SSSR count). The molecule has 1 fully saturated rings. The van der Waals surface area contributed by atoms with Crippen molar-refractivity contribution in [2.45, 2.75) is 71.1 Å². The SMILES string of the molecule is CCCCCCCCCNC(=NC)N1CCC(CC(=O)NC)CC1.I. The van der Waals surface area contributed by atoms with Gasteiger partial charge in [-0.05, 0) is 25.2 Å². The van der Waals surface area contributed by atoms with Crippen molar-refractivity contribution in [3.8, 4) is 0 Å². The first-order valence-electron chi connectivity index (χ1n) is 9.87. The summed E-state index contributed by atoms with van der Waals surface area (Å²) in [4.78, 5) is 18.2. The molecular weight excluding hydrogens is 427 g/mol. The maximum atomic E-state index is 11.5. The van der Waals surface area contributed by atoms with E-state index in [2.05, 4.69) is 27.4 Å². The number of aliphatic imine (C=N–C) groups is 1. The lowest BCUT2D eigenvalue weighted by atomic mass is 9.93. The highest BCUT2D eigenvalue weighted by Crippen LogP contribution is 2.20. The average molecular weight is 466 g/mol. The van der Waals surface area contributed by atoms with Gasteiger partial charge in [0.15, 0.2) is 5.96 Å². The van der Waals surface area contributed by atoms with Gasteiger partial charge in [0.1, 0.15) is 0 Å². The molecule has 2 N–H and O–H groups in total. The predicted octanol–water partition coefficient (Wildman–Crippen LogP) is 3.78. The Hall–Kier alpha value is -0.530. The smallest absolute Gasteiger partial charge is 0.220 e. The fraction of sp³-hybridized carbons (Fsp3) is 0.895. The molecule has 0 saturated carbocycles. The largest absolute Gasteiger partial charge is 0.359 e. The molecule has 1 amide bonds. The third kappa shape index (κ3) is 10.9. The van der Waals surface area contributed by atoms with Crippen LogP contribution in [-0.2, 0) is 4.79 Å². The molecule has 1 aliphatic heterocycles. The van der Waals surface area contributed by atoms with Crippen molar-refractivity contribution < 1.29 is 4.79 Å². The van der Waals surface area contributed by atoms with E-state index < -0.39 is 0 Å². The van der Waals surface area contributed by atoms with Crippen LogP contribution in [0.2, 0.25) is 0 Å². The molecule has 1 heterocycles. The number of guanidine groups is 1. The van der Waals surface area contributed by atoms with Gasteiger partial charge in [-0.3, -0.25) is 9.79 Å². The van der Waals surface area contributed by atoms with Gasteiger partial charge in [0.2, 0.25) is 5.91 Å². The van der Waals surface area contributed by atoms with E-state index in [0.717, 1.165) is 38.4 Å². The summed E-state index contributed by atoms with van der Waals surface area (Å²) in [6.07, 6.45) is 12.1. The molecule has 0 aromatic carbocycles. The molecule has 0 unspecified atom stereocenters. The minimum Gasteiger partial charge on any atom is -0.359 e. The molecule has 0 spiro atoms. The molecular formula is C19H39IN4O. The number of nitrogens with one attached hydrogen (secondary N) is 2. The Balaban J connectivity index is 0.00000576. The number of hydrogen-bond donors (Lipinski definition) is 2. The van der Waals surface area contributed by atoms with Gasteiger partial charge in [0, 0.05) is 40.2 Å². The molecule has 148 valence electrons. The van der Waals surface area contributed by atoms with E-state index in [1.54, 1.807) is 7.05 Å². The van der Waals surface area contributed by atoms with Crippen LogP contribution in [-0.4, -0.2) is 50.5 Å². The number of amides is 1. The molecule has 25 heavy (non-hydrogen) atoms. The maximum absolute atomic E-state index is 11.5. The van der Waals surface area contributed by atoms with E-state index in [1.807, 2.05) is 7.05 Å². The van der Waals surface area contributed by atoms with Crippen LogP contribution in [0.3, 0.4) is 0 Å². The monoisotopic (exact) mass is 466 g/mol. The van der Waals surface area contributed by atoms with Crippen LogP contribution in [0.4, 0.5) is 0 Å².